The molecule has 182 valence electrons. The fourth-order valence-corrected chi connectivity index (χ4v) is 4.66. The number of aromatic nitrogens is 3. The molecule has 1 amide bonds. The molecule has 0 unspecified atom stereocenters. The molecule has 1 aliphatic rings. The zero-order valence-electron chi connectivity index (χ0n) is 19.9. The fourth-order valence-electron chi connectivity index (χ4n) is 4.01. The second-order valence-electron chi connectivity index (χ2n) is 8.13. The number of hydrogen-bond donors (Lipinski definition) is 1. The molecule has 0 aliphatic carbocycles. The molecule has 9 heteroatoms. The van der Waals surface area contributed by atoms with Gasteiger partial charge in [0.25, 0.3) is 5.91 Å². The lowest BCUT2D eigenvalue weighted by Crippen LogP contribution is -2.28. The Balaban J connectivity index is 1.32. The molecule has 0 saturated carbocycles. The van der Waals surface area contributed by atoms with Crippen molar-refractivity contribution in [2.75, 3.05) is 20.0 Å². The summed E-state index contributed by atoms with van der Waals surface area (Å²) in [6.07, 6.45) is 0.634. The van der Waals surface area contributed by atoms with Gasteiger partial charge in [-0.3, -0.25) is 9.89 Å². The maximum absolute atomic E-state index is 13.3. The van der Waals surface area contributed by atoms with E-state index in [1.807, 2.05) is 78.9 Å². The number of aromatic amines is 1. The molecule has 1 aromatic heterocycles. The van der Waals surface area contributed by atoms with Crippen LogP contribution >= 0.6 is 11.8 Å². The van der Waals surface area contributed by atoms with Crippen LogP contribution in [-0.4, -0.2) is 51.8 Å². The molecule has 0 fully saturated rings. The van der Waals surface area contributed by atoms with Crippen molar-refractivity contribution in [3.8, 4) is 22.9 Å². The maximum atomic E-state index is 13.3. The molecule has 3 aromatic carbocycles. The summed E-state index contributed by atoms with van der Waals surface area (Å²) in [5, 5.41) is 14.0. The van der Waals surface area contributed by atoms with Gasteiger partial charge in [0.05, 0.1) is 31.7 Å². The lowest BCUT2D eigenvalue weighted by atomic mass is 9.98. The summed E-state index contributed by atoms with van der Waals surface area (Å²) in [6.45, 7) is 0. The maximum Gasteiger partial charge on any atom is 0.253 e. The average Bonchev–Trinajstić information content (AvgIpc) is 3.60. The van der Waals surface area contributed by atoms with Gasteiger partial charge in [-0.25, -0.2) is 9.99 Å². The van der Waals surface area contributed by atoms with E-state index < -0.39 is 0 Å². The van der Waals surface area contributed by atoms with Gasteiger partial charge < -0.3 is 9.47 Å². The Kier molecular flexibility index (Phi) is 6.99. The number of rotatable bonds is 8. The van der Waals surface area contributed by atoms with Crippen LogP contribution in [0.5, 0.6) is 11.5 Å². The highest BCUT2D eigenvalue weighted by molar-refractivity contribution is 7.99. The molecule has 0 spiro atoms. The van der Waals surface area contributed by atoms with Gasteiger partial charge in [0, 0.05) is 12.0 Å². The Hall–Kier alpha value is -4.11. The summed E-state index contributed by atoms with van der Waals surface area (Å²) in [7, 11) is 3.26. The summed E-state index contributed by atoms with van der Waals surface area (Å²) >= 11 is 1.28. The Morgan fingerprint density at radius 2 is 1.61 bits per heavy atom. The minimum atomic E-state index is -0.193. The van der Waals surface area contributed by atoms with E-state index >= 15 is 0 Å². The fraction of sp³-hybridized carbons (Fsp3) is 0.185. The number of ether oxygens (including phenoxy) is 2. The third-order valence-corrected chi connectivity index (χ3v) is 6.76. The molecule has 5 rings (SSSR count). The van der Waals surface area contributed by atoms with E-state index in [1.54, 1.807) is 19.2 Å². The molecule has 1 N–H and O–H groups in total. The number of nitrogens with zero attached hydrogens (tertiary/aromatic N) is 4. The van der Waals surface area contributed by atoms with Gasteiger partial charge in [-0.15, -0.1) is 5.10 Å². The predicted octanol–water partition coefficient (Wildman–Crippen LogP) is 4.96. The molecule has 1 atom stereocenters. The highest BCUT2D eigenvalue weighted by Crippen LogP contribution is 2.34. The van der Waals surface area contributed by atoms with Gasteiger partial charge in [0.2, 0.25) is 5.16 Å². The van der Waals surface area contributed by atoms with E-state index in [4.69, 9.17) is 14.6 Å². The van der Waals surface area contributed by atoms with Crippen LogP contribution in [0.15, 0.2) is 89.1 Å². The Morgan fingerprint density at radius 3 is 2.28 bits per heavy atom. The monoisotopic (exact) mass is 499 g/mol. The van der Waals surface area contributed by atoms with E-state index in [2.05, 4.69) is 15.2 Å². The first kappa shape index (κ1) is 23.6. The first-order valence-corrected chi connectivity index (χ1v) is 12.4. The van der Waals surface area contributed by atoms with Gasteiger partial charge in [-0.1, -0.05) is 54.2 Å². The number of hydrogen-bond acceptors (Lipinski definition) is 7. The Bertz CT molecular complexity index is 1350. The molecule has 2 heterocycles. The molecule has 0 saturated heterocycles. The van der Waals surface area contributed by atoms with Crippen LogP contribution in [0, 0.1) is 0 Å². The molecular weight excluding hydrogens is 474 g/mol. The van der Waals surface area contributed by atoms with Gasteiger partial charge in [-0.2, -0.15) is 5.10 Å². The highest BCUT2D eigenvalue weighted by Gasteiger charge is 2.33. The van der Waals surface area contributed by atoms with Crippen molar-refractivity contribution in [2.24, 2.45) is 5.10 Å². The average molecular weight is 500 g/mol. The minimum absolute atomic E-state index is 0.109. The van der Waals surface area contributed by atoms with Crippen molar-refractivity contribution >= 4 is 23.4 Å². The first-order chi connectivity index (χ1) is 17.6. The summed E-state index contributed by atoms with van der Waals surface area (Å²) in [6, 6.07) is 25.1. The number of amides is 1. The van der Waals surface area contributed by atoms with Gasteiger partial charge in [0.15, 0.2) is 5.82 Å². The zero-order chi connectivity index (χ0) is 24.9. The smallest absolute Gasteiger partial charge is 0.253 e. The van der Waals surface area contributed by atoms with E-state index in [-0.39, 0.29) is 17.7 Å². The highest BCUT2D eigenvalue weighted by atomic mass is 32.2. The Labute approximate surface area is 213 Å². The summed E-state index contributed by atoms with van der Waals surface area (Å²) in [5.41, 5.74) is 3.78. The molecule has 4 aromatic rings. The first-order valence-electron chi connectivity index (χ1n) is 11.4. The van der Waals surface area contributed by atoms with Crippen LogP contribution in [0.3, 0.4) is 0 Å². The van der Waals surface area contributed by atoms with Gasteiger partial charge in [0.1, 0.15) is 11.5 Å². The van der Waals surface area contributed by atoms with Crippen LogP contribution in [0.25, 0.3) is 11.4 Å². The summed E-state index contributed by atoms with van der Waals surface area (Å²) in [4.78, 5) is 17.9. The van der Waals surface area contributed by atoms with Crippen molar-refractivity contribution in [3.05, 3.63) is 90.0 Å². The van der Waals surface area contributed by atoms with Crippen molar-refractivity contribution in [3.63, 3.8) is 0 Å². The van der Waals surface area contributed by atoms with Gasteiger partial charge in [-0.05, 0) is 47.5 Å². The van der Waals surface area contributed by atoms with Gasteiger partial charge >= 0.3 is 0 Å². The van der Waals surface area contributed by atoms with Crippen molar-refractivity contribution in [1.29, 1.82) is 0 Å². The number of H-pyrrole nitrogens is 1. The molecule has 1 aliphatic heterocycles. The lowest BCUT2D eigenvalue weighted by molar-refractivity contribution is -0.130. The number of methoxy groups -OCH3 is 2. The molecule has 0 bridgehead atoms. The van der Waals surface area contributed by atoms with Crippen molar-refractivity contribution < 1.29 is 14.3 Å². The van der Waals surface area contributed by atoms with Crippen LogP contribution in [-0.2, 0) is 4.79 Å². The largest absolute Gasteiger partial charge is 0.497 e. The van der Waals surface area contributed by atoms with Crippen LogP contribution in [0.4, 0.5) is 0 Å². The number of benzene rings is 3. The normalized spacial score (nSPS) is 15.0. The number of nitrogens with one attached hydrogen (secondary N) is 1. The second kappa shape index (κ2) is 10.7. The number of hydrazone groups is 1. The van der Waals surface area contributed by atoms with Crippen molar-refractivity contribution in [2.45, 2.75) is 17.6 Å². The quantitative estimate of drug-likeness (QED) is 0.345. The second-order valence-corrected chi connectivity index (χ2v) is 9.07. The molecule has 8 nitrogen and oxygen atoms in total. The predicted molar refractivity (Wildman–Crippen MR) is 139 cm³/mol. The zero-order valence-corrected chi connectivity index (χ0v) is 20.7. The van der Waals surface area contributed by atoms with Crippen LogP contribution in [0.2, 0.25) is 0 Å². The van der Waals surface area contributed by atoms with Crippen molar-refractivity contribution in [1.82, 2.24) is 20.2 Å². The summed E-state index contributed by atoms with van der Waals surface area (Å²) in [5.74, 6) is 2.23. The topological polar surface area (TPSA) is 92.7 Å². The standard InChI is InChI=1S/C27H25N5O3S/c1-34-21-12-8-19(9-13-21)24-16-23(18-6-4-3-5-7-18)31-32(24)25(33)17-36-27-28-26(29-30-27)20-10-14-22(35-2)15-11-20/h3-15,24H,16-17H2,1-2H3,(H,28,29,30)/t24-/m1/s1. The third kappa shape index (κ3) is 5.11. The van der Waals surface area contributed by atoms with E-state index in [0.717, 1.165) is 33.9 Å². The van der Waals surface area contributed by atoms with E-state index in [0.29, 0.717) is 17.4 Å². The molecule has 0 radical (unpaired) electrons. The third-order valence-electron chi connectivity index (χ3n) is 5.93. The van der Waals surface area contributed by atoms with Crippen LogP contribution < -0.4 is 9.47 Å². The molecular formula is C27H25N5O3S. The Morgan fingerprint density at radius 1 is 0.944 bits per heavy atom. The van der Waals surface area contributed by atoms with E-state index in [1.165, 1.54) is 11.8 Å². The number of carbonyl (C=O) groups is 1. The number of thioether (sulfide) groups is 1. The van der Waals surface area contributed by atoms with Crippen LogP contribution in [0.1, 0.15) is 23.6 Å². The lowest BCUT2D eigenvalue weighted by Gasteiger charge is -2.22. The van der Waals surface area contributed by atoms with E-state index in [9.17, 15) is 4.79 Å². The molecule has 36 heavy (non-hydrogen) atoms. The minimum Gasteiger partial charge on any atom is -0.497 e. The summed E-state index contributed by atoms with van der Waals surface area (Å²) < 4.78 is 10.5. The number of carbonyl (C=O) groups excluding carboxylic acids is 1. The SMILES string of the molecule is COc1ccc(-c2nc(SCC(=O)N3N=C(c4ccccc4)C[C@@H]3c3ccc(OC)cc3)n[nH]2)cc1.